The van der Waals surface area contributed by atoms with Crippen LogP contribution in [0, 0.1) is 11.8 Å². The summed E-state index contributed by atoms with van der Waals surface area (Å²) in [5.41, 5.74) is 0. The predicted molar refractivity (Wildman–Crippen MR) is 78.5 cm³/mol. The molecule has 21 heavy (non-hydrogen) atoms. The monoisotopic (exact) mass is 294 g/mol. The summed E-state index contributed by atoms with van der Waals surface area (Å²) in [5.74, 6) is 0.347. The molecule has 2 saturated heterocycles. The Balaban J connectivity index is 1.59. The molecule has 1 saturated carbocycles. The van der Waals surface area contributed by atoms with Gasteiger partial charge < -0.3 is 14.9 Å². The minimum atomic E-state index is -0.157. The normalized spacial score (nSPS) is 31.2. The number of carbonyl (C=O) groups excluding carboxylic acids is 2. The minimum absolute atomic E-state index is 0.127. The lowest BCUT2D eigenvalue weighted by atomic mass is 9.97. The van der Waals surface area contributed by atoms with Crippen molar-refractivity contribution in [1.29, 1.82) is 0 Å². The average molecular weight is 294 g/mol. The molecular weight excluding hydrogens is 268 g/mol. The van der Waals surface area contributed by atoms with Crippen molar-refractivity contribution in [2.24, 2.45) is 11.8 Å². The zero-order valence-corrected chi connectivity index (χ0v) is 12.7. The molecule has 2 amide bonds. The van der Waals surface area contributed by atoms with Gasteiger partial charge in [0.2, 0.25) is 11.8 Å². The summed E-state index contributed by atoms with van der Waals surface area (Å²) < 4.78 is 0. The third-order valence-corrected chi connectivity index (χ3v) is 5.36. The molecule has 3 fully saturated rings. The molecule has 1 N–H and O–H groups in total. The fraction of sp³-hybridized carbons (Fsp3) is 0.875. The number of rotatable bonds is 3. The number of aliphatic hydroxyl groups excluding tert-OH is 1. The van der Waals surface area contributed by atoms with Crippen molar-refractivity contribution in [1.82, 2.24) is 9.80 Å². The minimum Gasteiger partial charge on any atom is -0.396 e. The number of likely N-dealkylation sites (tertiary alicyclic amines) is 2. The molecule has 3 aliphatic rings. The third-order valence-electron chi connectivity index (χ3n) is 5.36. The Morgan fingerprint density at radius 3 is 2.62 bits per heavy atom. The second kappa shape index (κ2) is 6.34. The van der Waals surface area contributed by atoms with Crippen molar-refractivity contribution in [3.05, 3.63) is 0 Å². The fourth-order valence-corrected chi connectivity index (χ4v) is 4.14. The quantitative estimate of drug-likeness (QED) is 0.845. The van der Waals surface area contributed by atoms with Gasteiger partial charge in [0, 0.05) is 38.7 Å². The molecule has 1 aliphatic carbocycles. The van der Waals surface area contributed by atoms with E-state index < -0.39 is 0 Å². The van der Waals surface area contributed by atoms with Crippen LogP contribution in [0.25, 0.3) is 0 Å². The number of aliphatic hydroxyl groups is 1. The lowest BCUT2D eigenvalue weighted by Crippen LogP contribution is -2.44. The van der Waals surface area contributed by atoms with Gasteiger partial charge in [-0.25, -0.2) is 0 Å². The third kappa shape index (κ3) is 3.07. The van der Waals surface area contributed by atoms with E-state index in [-0.39, 0.29) is 30.3 Å². The number of amides is 2. The number of nitrogens with zero attached hydrogens (tertiary/aromatic N) is 2. The Hall–Kier alpha value is -1.10. The summed E-state index contributed by atoms with van der Waals surface area (Å²) in [6.45, 7) is 2.21. The van der Waals surface area contributed by atoms with Gasteiger partial charge in [-0.1, -0.05) is 12.8 Å². The Kier molecular flexibility index (Phi) is 4.48. The van der Waals surface area contributed by atoms with Crippen molar-refractivity contribution in [2.45, 2.75) is 51.0 Å². The molecule has 0 radical (unpaired) electrons. The van der Waals surface area contributed by atoms with Gasteiger partial charge in [0.25, 0.3) is 0 Å². The number of hydrogen-bond acceptors (Lipinski definition) is 3. The Bertz CT molecular complexity index is 406. The van der Waals surface area contributed by atoms with Crippen LogP contribution in [0.15, 0.2) is 0 Å². The average Bonchev–Trinajstić information content (AvgIpc) is 3.15. The van der Waals surface area contributed by atoms with Gasteiger partial charge in [-0.2, -0.15) is 0 Å². The molecular formula is C16H26N2O3. The largest absolute Gasteiger partial charge is 0.396 e. The van der Waals surface area contributed by atoms with Crippen molar-refractivity contribution < 1.29 is 14.7 Å². The van der Waals surface area contributed by atoms with Crippen LogP contribution in [0.2, 0.25) is 0 Å². The molecule has 0 spiro atoms. The summed E-state index contributed by atoms with van der Waals surface area (Å²) in [4.78, 5) is 28.7. The Morgan fingerprint density at radius 1 is 1.14 bits per heavy atom. The van der Waals surface area contributed by atoms with E-state index in [0.717, 1.165) is 32.2 Å². The summed E-state index contributed by atoms with van der Waals surface area (Å²) in [6, 6.07) is 0.377. The molecule has 3 rings (SSSR count). The molecule has 2 unspecified atom stereocenters. The van der Waals surface area contributed by atoms with Gasteiger partial charge >= 0.3 is 0 Å². The molecule has 5 nitrogen and oxygen atoms in total. The first kappa shape index (κ1) is 14.8. The highest BCUT2D eigenvalue weighted by atomic mass is 16.3. The Morgan fingerprint density at radius 2 is 1.90 bits per heavy atom. The van der Waals surface area contributed by atoms with Crippen LogP contribution in [0.3, 0.4) is 0 Å². The van der Waals surface area contributed by atoms with E-state index >= 15 is 0 Å². The van der Waals surface area contributed by atoms with Crippen molar-refractivity contribution in [3.8, 4) is 0 Å². The topological polar surface area (TPSA) is 60.9 Å². The van der Waals surface area contributed by atoms with E-state index in [4.69, 9.17) is 0 Å². The molecule has 5 heteroatoms. The summed E-state index contributed by atoms with van der Waals surface area (Å²) in [6.07, 6.45) is 6.96. The van der Waals surface area contributed by atoms with Crippen LogP contribution in [0.1, 0.15) is 44.9 Å². The standard InChI is InChI=1S/C16H26N2O3/c19-11-12-4-3-7-17(9-12)16(21)13-8-15(20)18(10-13)14-5-1-2-6-14/h12-14,19H,1-11H2. The highest BCUT2D eigenvalue weighted by molar-refractivity contribution is 5.89. The van der Waals surface area contributed by atoms with E-state index in [1.807, 2.05) is 9.80 Å². The molecule has 2 aliphatic heterocycles. The lowest BCUT2D eigenvalue weighted by molar-refractivity contribution is -0.137. The second-order valence-electron chi connectivity index (χ2n) is 6.86. The van der Waals surface area contributed by atoms with Gasteiger partial charge in [-0.3, -0.25) is 9.59 Å². The smallest absolute Gasteiger partial charge is 0.228 e. The van der Waals surface area contributed by atoms with Crippen LogP contribution >= 0.6 is 0 Å². The number of carbonyl (C=O) groups is 2. The zero-order chi connectivity index (χ0) is 14.8. The highest BCUT2D eigenvalue weighted by Gasteiger charge is 2.40. The summed E-state index contributed by atoms with van der Waals surface area (Å²) in [5, 5.41) is 9.28. The first-order valence-electron chi connectivity index (χ1n) is 8.38. The van der Waals surface area contributed by atoms with Crippen LogP contribution < -0.4 is 0 Å². The zero-order valence-electron chi connectivity index (χ0n) is 12.7. The lowest BCUT2D eigenvalue weighted by Gasteiger charge is -2.33. The van der Waals surface area contributed by atoms with Crippen molar-refractivity contribution >= 4 is 11.8 Å². The summed E-state index contributed by atoms with van der Waals surface area (Å²) in [7, 11) is 0. The van der Waals surface area contributed by atoms with E-state index in [2.05, 4.69) is 0 Å². The van der Waals surface area contributed by atoms with Crippen LogP contribution in [0.5, 0.6) is 0 Å². The van der Waals surface area contributed by atoms with E-state index in [1.54, 1.807) is 0 Å². The second-order valence-corrected chi connectivity index (χ2v) is 6.86. The maximum atomic E-state index is 12.6. The number of hydrogen-bond donors (Lipinski definition) is 1. The molecule has 0 bridgehead atoms. The Labute approximate surface area is 126 Å². The fourth-order valence-electron chi connectivity index (χ4n) is 4.14. The van der Waals surface area contributed by atoms with Crippen LogP contribution in [-0.2, 0) is 9.59 Å². The van der Waals surface area contributed by atoms with Gasteiger partial charge in [0.05, 0.1) is 5.92 Å². The maximum Gasteiger partial charge on any atom is 0.228 e. The first-order valence-corrected chi connectivity index (χ1v) is 8.38. The van der Waals surface area contributed by atoms with Crippen molar-refractivity contribution in [2.75, 3.05) is 26.2 Å². The van der Waals surface area contributed by atoms with Gasteiger partial charge in [-0.15, -0.1) is 0 Å². The van der Waals surface area contributed by atoms with Gasteiger partial charge in [0.15, 0.2) is 0 Å². The van der Waals surface area contributed by atoms with Crippen LogP contribution in [0.4, 0.5) is 0 Å². The highest BCUT2D eigenvalue weighted by Crippen LogP contribution is 2.30. The molecule has 0 aromatic carbocycles. The predicted octanol–water partition coefficient (Wildman–Crippen LogP) is 1.01. The first-order chi connectivity index (χ1) is 10.2. The van der Waals surface area contributed by atoms with Gasteiger partial charge in [0.1, 0.15) is 0 Å². The van der Waals surface area contributed by atoms with E-state index in [9.17, 15) is 14.7 Å². The SMILES string of the molecule is O=C(C1CC(=O)N(C2CCCC2)C1)N1CCCC(CO)C1. The van der Waals surface area contributed by atoms with Crippen molar-refractivity contribution in [3.63, 3.8) is 0 Å². The number of piperidine rings is 1. The van der Waals surface area contributed by atoms with E-state index in [0.29, 0.717) is 25.6 Å². The van der Waals surface area contributed by atoms with Gasteiger partial charge in [-0.05, 0) is 31.6 Å². The van der Waals surface area contributed by atoms with Crippen LogP contribution in [-0.4, -0.2) is 59.0 Å². The molecule has 118 valence electrons. The molecule has 2 atom stereocenters. The summed E-state index contributed by atoms with van der Waals surface area (Å²) >= 11 is 0. The maximum absolute atomic E-state index is 12.6. The van der Waals surface area contributed by atoms with E-state index in [1.165, 1.54) is 12.8 Å². The molecule has 2 heterocycles. The molecule has 0 aromatic rings. The molecule has 0 aromatic heterocycles.